The van der Waals surface area contributed by atoms with E-state index in [0.29, 0.717) is 18.6 Å². The number of piperidine rings is 1. The van der Waals surface area contributed by atoms with Crippen LogP contribution < -0.4 is 4.74 Å². The highest BCUT2D eigenvalue weighted by atomic mass is 35.5. The second-order valence-electron chi connectivity index (χ2n) is 10.8. The van der Waals surface area contributed by atoms with Crippen molar-refractivity contribution in [3.05, 3.63) is 132 Å². The molecule has 0 spiro atoms. The Labute approximate surface area is 260 Å². The predicted octanol–water partition coefficient (Wildman–Crippen LogP) is 7.92. The highest BCUT2D eigenvalue weighted by Crippen LogP contribution is 2.43. The monoisotopic (exact) mass is 596 g/mol. The summed E-state index contributed by atoms with van der Waals surface area (Å²) in [7, 11) is 0. The molecular weight excluding hydrogens is 560 g/mol. The Bertz CT molecular complexity index is 1450. The first-order chi connectivity index (χ1) is 20.0. The Balaban J connectivity index is 0.00000405. The van der Waals surface area contributed by atoms with Gasteiger partial charge in [-0.3, -0.25) is 4.79 Å². The molecule has 0 N–H and O–H groups in total. The highest BCUT2D eigenvalue weighted by Gasteiger charge is 2.50. The third-order valence-electron chi connectivity index (χ3n) is 8.65. The summed E-state index contributed by atoms with van der Waals surface area (Å²) in [5.41, 5.74) is 1.51. The Morgan fingerprint density at radius 3 is 2.02 bits per heavy atom. The molecule has 42 heavy (non-hydrogen) atoms. The van der Waals surface area contributed by atoms with Crippen molar-refractivity contribution >= 4 is 30.1 Å². The molecule has 1 aliphatic heterocycles. The van der Waals surface area contributed by atoms with Crippen LogP contribution in [-0.2, 0) is 15.6 Å². The summed E-state index contributed by atoms with van der Waals surface area (Å²) in [6.45, 7) is 4.38. The Kier molecular flexibility index (Phi) is 10.5. The first-order valence-electron chi connectivity index (χ1n) is 14.2. The van der Waals surface area contributed by atoms with Crippen LogP contribution in [0.4, 0.5) is 0 Å². The normalized spacial score (nSPS) is 18.8. The van der Waals surface area contributed by atoms with Gasteiger partial charge in [0.1, 0.15) is 11.2 Å². The van der Waals surface area contributed by atoms with E-state index in [0.717, 1.165) is 41.2 Å². The number of ether oxygens (including phenoxy) is 1. The van der Waals surface area contributed by atoms with Crippen molar-refractivity contribution in [2.75, 3.05) is 25.9 Å². The van der Waals surface area contributed by atoms with Crippen LogP contribution in [-0.4, -0.2) is 36.8 Å². The molecule has 1 fully saturated rings. The molecule has 5 rings (SSSR count). The molecule has 0 aromatic heterocycles. The van der Waals surface area contributed by atoms with Crippen LogP contribution in [0.1, 0.15) is 36.5 Å². The summed E-state index contributed by atoms with van der Waals surface area (Å²) in [6, 6.07) is 40.7. The van der Waals surface area contributed by atoms with Gasteiger partial charge in [-0.2, -0.15) is 5.26 Å². The maximum Gasteiger partial charge on any atom is 0.322 e. The number of carbonyl (C=O) groups excluding carboxylic acids is 1. The fourth-order valence-corrected chi connectivity index (χ4v) is 6.83. The number of benzene rings is 4. The van der Waals surface area contributed by atoms with Gasteiger partial charge < -0.3 is 9.64 Å². The number of esters is 1. The molecule has 4 aromatic carbocycles. The van der Waals surface area contributed by atoms with Gasteiger partial charge in [0.15, 0.2) is 0 Å². The number of nitriles is 1. The maximum atomic E-state index is 14.1. The fourth-order valence-electron chi connectivity index (χ4n) is 6.31. The summed E-state index contributed by atoms with van der Waals surface area (Å²) >= 11 is 1.58. The minimum Gasteiger partial charge on any atom is -0.425 e. The van der Waals surface area contributed by atoms with Gasteiger partial charge in [-0.05, 0) is 60.4 Å². The van der Waals surface area contributed by atoms with Crippen LogP contribution in [0.5, 0.6) is 5.75 Å². The molecule has 2 unspecified atom stereocenters. The van der Waals surface area contributed by atoms with Gasteiger partial charge >= 0.3 is 5.97 Å². The van der Waals surface area contributed by atoms with Gasteiger partial charge in [0.2, 0.25) is 0 Å². The van der Waals surface area contributed by atoms with Gasteiger partial charge in [-0.15, -0.1) is 24.2 Å². The van der Waals surface area contributed by atoms with E-state index in [4.69, 9.17) is 4.74 Å². The molecule has 2 atom stereocenters. The molecule has 0 saturated carbocycles. The van der Waals surface area contributed by atoms with Crippen LogP contribution in [0.15, 0.2) is 120 Å². The highest BCUT2D eigenvalue weighted by molar-refractivity contribution is 7.98. The topological polar surface area (TPSA) is 53.3 Å². The molecule has 0 aliphatic carbocycles. The number of para-hydroxylation sites is 1. The summed E-state index contributed by atoms with van der Waals surface area (Å²) in [5.74, 6) is 0.425. The van der Waals surface area contributed by atoms with Crippen molar-refractivity contribution in [3.63, 3.8) is 0 Å². The van der Waals surface area contributed by atoms with Crippen LogP contribution in [0.3, 0.4) is 0 Å². The third kappa shape index (κ3) is 6.13. The Morgan fingerprint density at radius 1 is 0.929 bits per heavy atom. The van der Waals surface area contributed by atoms with Crippen molar-refractivity contribution in [2.45, 2.75) is 35.5 Å². The molecule has 6 heteroatoms. The molecule has 0 amide bonds. The van der Waals surface area contributed by atoms with E-state index in [2.05, 4.69) is 54.3 Å². The smallest absolute Gasteiger partial charge is 0.322 e. The van der Waals surface area contributed by atoms with E-state index in [1.54, 1.807) is 11.8 Å². The van der Waals surface area contributed by atoms with Gasteiger partial charge in [0.25, 0.3) is 0 Å². The number of thioether (sulfide) groups is 1. The van der Waals surface area contributed by atoms with Crippen LogP contribution in [0.2, 0.25) is 0 Å². The van der Waals surface area contributed by atoms with Crippen LogP contribution >= 0.6 is 24.2 Å². The predicted molar refractivity (Wildman–Crippen MR) is 173 cm³/mol. The maximum absolute atomic E-state index is 14.1. The fraction of sp³-hybridized carbons (Fsp3) is 0.278. The number of nitrogens with zero attached hydrogens (tertiary/aromatic N) is 2. The molecule has 4 nitrogen and oxygen atoms in total. The van der Waals surface area contributed by atoms with E-state index in [1.165, 1.54) is 0 Å². The standard InChI is InChI=1S/C36H36N2O2S.ClH/c1-28-26-38(24-22-35(27-37,29-14-6-3-7-15-29)30-16-8-4-9-17-30)25-23-36(28,31-18-10-5-11-19-31)34(39)40-32-20-12-13-21-33(32)41-2;/h3-21,28H,22-26H2,1-2H3;1H. The largest absolute Gasteiger partial charge is 0.425 e. The number of likely N-dealkylation sites (tertiary alicyclic amines) is 1. The zero-order chi connectivity index (χ0) is 28.7. The van der Waals surface area contributed by atoms with Crippen molar-refractivity contribution in [2.24, 2.45) is 5.92 Å². The van der Waals surface area contributed by atoms with Crippen molar-refractivity contribution in [3.8, 4) is 11.8 Å². The molecule has 1 saturated heterocycles. The Hall–Kier alpha value is -3.56. The van der Waals surface area contributed by atoms with Gasteiger partial charge in [0, 0.05) is 18.0 Å². The molecule has 0 bridgehead atoms. The lowest BCUT2D eigenvalue weighted by atomic mass is 9.66. The van der Waals surface area contributed by atoms with E-state index < -0.39 is 10.8 Å². The molecule has 0 radical (unpaired) electrons. The molecule has 1 aliphatic rings. The van der Waals surface area contributed by atoms with Gasteiger partial charge in [-0.1, -0.05) is 110 Å². The summed E-state index contributed by atoms with van der Waals surface area (Å²) in [5, 5.41) is 10.6. The first-order valence-corrected chi connectivity index (χ1v) is 15.4. The van der Waals surface area contributed by atoms with Crippen LogP contribution in [0, 0.1) is 17.2 Å². The number of hydrogen-bond donors (Lipinski definition) is 0. The average Bonchev–Trinajstić information content (AvgIpc) is 3.03. The van der Waals surface area contributed by atoms with E-state index >= 15 is 0 Å². The summed E-state index contributed by atoms with van der Waals surface area (Å²) in [4.78, 5) is 17.5. The van der Waals surface area contributed by atoms with Crippen molar-refractivity contribution in [1.82, 2.24) is 4.90 Å². The lowest BCUT2D eigenvalue weighted by Crippen LogP contribution is -2.55. The van der Waals surface area contributed by atoms with Gasteiger partial charge in [0.05, 0.1) is 11.5 Å². The SMILES string of the molecule is CSc1ccccc1OC(=O)C1(c2ccccc2)CCN(CCC(C#N)(c2ccccc2)c2ccccc2)CC1C.Cl. The lowest BCUT2D eigenvalue weighted by molar-refractivity contribution is -0.146. The summed E-state index contributed by atoms with van der Waals surface area (Å²) < 4.78 is 6.17. The number of rotatable bonds is 9. The Morgan fingerprint density at radius 2 is 1.48 bits per heavy atom. The number of carbonyl (C=O) groups is 1. The number of hydrogen-bond acceptors (Lipinski definition) is 5. The lowest BCUT2D eigenvalue weighted by Gasteiger charge is -2.45. The molecule has 1 heterocycles. The number of halogens is 1. The van der Waals surface area contributed by atoms with Gasteiger partial charge in [-0.25, -0.2) is 0 Å². The summed E-state index contributed by atoms with van der Waals surface area (Å²) in [6.07, 6.45) is 3.30. The second kappa shape index (κ2) is 14.1. The second-order valence-corrected chi connectivity index (χ2v) is 11.7. The molecule has 216 valence electrons. The van der Waals surface area contributed by atoms with Crippen LogP contribution in [0.25, 0.3) is 0 Å². The zero-order valence-electron chi connectivity index (χ0n) is 24.1. The average molecular weight is 597 g/mol. The van der Waals surface area contributed by atoms with Crippen molar-refractivity contribution < 1.29 is 9.53 Å². The van der Waals surface area contributed by atoms with Crippen molar-refractivity contribution in [1.29, 1.82) is 5.26 Å². The first kappa shape index (κ1) is 31.4. The van der Waals surface area contributed by atoms with E-state index in [1.807, 2.05) is 85.1 Å². The minimum atomic E-state index is -0.755. The van der Waals surface area contributed by atoms with E-state index in [9.17, 15) is 10.1 Å². The minimum absolute atomic E-state index is 0. The third-order valence-corrected chi connectivity index (χ3v) is 9.42. The molecule has 4 aromatic rings. The molecular formula is C36H37ClN2O2S. The zero-order valence-corrected chi connectivity index (χ0v) is 25.7. The quantitative estimate of drug-likeness (QED) is 0.112. The van der Waals surface area contributed by atoms with E-state index in [-0.39, 0.29) is 24.3 Å².